The number of carbonyl (C=O) groups is 1. The van der Waals surface area contributed by atoms with Crippen LogP contribution in [0.25, 0.3) is 10.4 Å². The molecule has 2 fully saturated rings. The zero-order valence-electron chi connectivity index (χ0n) is 48.9. The van der Waals surface area contributed by atoms with Gasteiger partial charge in [-0.25, -0.2) is 0 Å². The second-order valence-electron chi connectivity index (χ2n) is 22.1. The second kappa shape index (κ2) is 36.6. The molecule has 1 heterocycles. The van der Waals surface area contributed by atoms with Gasteiger partial charge in [-0.1, -0.05) is 271 Å². The molecule has 0 bridgehead atoms. The maximum atomic E-state index is 14.3. The molecule has 84 heavy (non-hydrogen) atoms. The van der Waals surface area contributed by atoms with Gasteiger partial charge in [-0.3, -0.25) is 4.79 Å². The minimum absolute atomic E-state index is 0.0151. The Balaban J connectivity index is 1.12. The highest BCUT2D eigenvalue weighted by Gasteiger charge is 2.58. The number of benzene rings is 6. The van der Waals surface area contributed by atoms with E-state index in [1.165, 1.54) is 57.8 Å². The Morgan fingerprint density at radius 3 is 1.20 bits per heavy atom. The highest BCUT2D eigenvalue weighted by atomic mass is 16.7. The van der Waals surface area contributed by atoms with Crippen LogP contribution in [0.5, 0.6) is 0 Å². The summed E-state index contributed by atoms with van der Waals surface area (Å²) in [6.45, 7) is 3.13. The monoisotopic (exact) mass is 1150 g/mol. The van der Waals surface area contributed by atoms with Crippen LogP contribution in [0.4, 0.5) is 0 Å². The smallest absolute Gasteiger partial charge is 0.306 e. The van der Waals surface area contributed by atoms with E-state index >= 15 is 0 Å². The molecular formula is C70H87N3O11. The van der Waals surface area contributed by atoms with E-state index in [2.05, 4.69) is 16.9 Å². The molecule has 448 valence electrons. The molecule has 1 aliphatic heterocycles. The van der Waals surface area contributed by atoms with Gasteiger partial charge in [0.15, 0.2) is 12.4 Å². The number of ether oxygens (including phenoxy) is 9. The number of hydrogen-bond donors (Lipinski definition) is 1. The van der Waals surface area contributed by atoms with Gasteiger partial charge in [0.05, 0.1) is 46.2 Å². The average molecular weight is 1150 g/mol. The van der Waals surface area contributed by atoms with Gasteiger partial charge in [0.2, 0.25) is 0 Å². The van der Waals surface area contributed by atoms with Crippen LogP contribution in [0, 0.1) is 0 Å². The number of aliphatic hydroxyl groups excluding tert-OH is 1. The van der Waals surface area contributed by atoms with Gasteiger partial charge in [0, 0.05) is 11.3 Å². The van der Waals surface area contributed by atoms with Gasteiger partial charge in [-0.05, 0) is 45.3 Å². The summed E-state index contributed by atoms with van der Waals surface area (Å²) in [4.78, 5) is 17.7. The number of aliphatic hydroxyl groups is 1. The van der Waals surface area contributed by atoms with Crippen LogP contribution in [0.1, 0.15) is 130 Å². The summed E-state index contributed by atoms with van der Waals surface area (Å²) in [6.07, 6.45) is 3.68. The average Bonchev–Trinajstić information content (AvgIpc) is 3.37. The molecule has 1 saturated carbocycles. The van der Waals surface area contributed by atoms with Gasteiger partial charge in [-0.2, -0.15) is 0 Å². The summed E-state index contributed by atoms with van der Waals surface area (Å²) in [7, 11) is 0. The first-order valence-electron chi connectivity index (χ1n) is 30.6. The van der Waals surface area contributed by atoms with Gasteiger partial charge >= 0.3 is 5.97 Å². The molecule has 6 aromatic rings. The van der Waals surface area contributed by atoms with Crippen molar-refractivity contribution in [2.45, 2.75) is 204 Å². The Morgan fingerprint density at radius 2 is 0.798 bits per heavy atom. The van der Waals surface area contributed by atoms with Crippen LogP contribution in [0.2, 0.25) is 0 Å². The van der Waals surface area contributed by atoms with Crippen molar-refractivity contribution in [1.82, 2.24) is 0 Å². The summed E-state index contributed by atoms with van der Waals surface area (Å²) in [5, 5.41) is 17.6. The van der Waals surface area contributed by atoms with Crippen molar-refractivity contribution >= 4 is 5.97 Å². The van der Waals surface area contributed by atoms with E-state index in [1.807, 2.05) is 182 Å². The fraction of sp³-hybridized carbons (Fsp3) is 0.471. The fourth-order valence-corrected chi connectivity index (χ4v) is 11.1. The largest absolute Gasteiger partial charge is 0.457 e. The van der Waals surface area contributed by atoms with E-state index in [9.17, 15) is 15.4 Å². The van der Waals surface area contributed by atoms with Crippen molar-refractivity contribution in [1.29, 1.82) is 0 Å². The highest BCUT2D eigenvalue weighted by molar-refractivity contribution is 5.69. The minimum Gasteiger partial charge on any atom is -0.457 e. The van der Waals surface area contributed by atoms with Crippen molar-refractivity contribution in [3.05, 3.63) is 226 Å². The number of rotatable bonds is 37. The number of hydrogen-bond acceptors (Lipinski definition) is 12. The van der Waals surface area contributed by atoms with E-state index in [-0.39, 0.29) is 52.7 Å². The SMILES string of the molecule is CCCCCCCCCCCCCCCC(=O)O[C@@H]1C(O)C(O[C@@H]2OC(COCc3ccccc3)[C@H](OCc3ccccc3)[C@H](OCc3ccccc3)C2N=[N+]=[N-])[C@H](OCc2ccccc2)[C@H](OCc2ccccc2)C1OCc1ccccc1. The molecule has 0 spiro atoms. The molecule has 1 aliphatic carbocycles. The molecule has 11 atom stereocenters. The molecule has 8 rings (SSSR count). The molecule has 2 aliphatic rings. The predicted molar refractivity (Wildman–Crippen MR) is 324 cm³/mol. The Morgan fingerprint density at radius 1 is 0.452 bits per heavy atom. The first-order chi connectivity index (χ1) is 41.5. The molecule has 0 amide bonds. The summed E-state index contributed by atoms with van der Waals surface area (Å²) in [6, 6.07) is 57.2. The molecule has 14 nitrogen and oxygen atoms in total. The van der Waals surface area contributed by atoms with Crippen LogP contribution in [0.3, 0.4) is 0 Å². The molecule has 14 heteroatoms. The van der Waals surface area contributed by atoms with Gasteiger partial charge < -0.3 is 47.7 Å². The van der Waals surface area contributed by atoms with E-state index < -0.39 is 73.2 Å². The Hall–Kier alpha value is -6.26. The summed E-state index contributed by atoms with van der Waals surface area (Å²) < 4.78 is 61.7. The second-order valence-corrected chi connectivity index (χ2v) is 22.1. The first kappa shape index (κ1) is 63.8. The van der Waals surface area contributed by atoms with E-state index in [4.69, 9.17) is 42.6 Å². The van der Waals surface area contributed by atoms with Crippen LogP contribution >= 0.6 is 0 Å². The molecule has 5 unspecified atom stereocenters. The van der Waals surface area contributed by atoms with Crippen molar-refractivity contribution in [2.75, 3.05) is 6.61 Å². The van der Waals surface area contributed by atoms with E-state index in [0.717, 1.165) is 52.6 Å². The maximum Gasteiger partial charge on any atom is 0.306 e. The molecule has 1 N–H and O–H groups in total. The van der Waals surface area contributed by atoms with Gasteiger partial charge in [0.1, 0.15) is 54.9 Å². The predicted octanol–water partition coefficient (Wildman–Crippen LogP) is 14.7. The molecule has 0 radical (unpaired) electrons. The Kier molecular flexibility index (Phi) is 27.7. The molecular weight excluding hydrogens is 1060 g/mol. The summed E-state index contributed by atoms with van der Waals surface area (Å²) in [5.74, 6) is -0.482. The maximum absolute atomic E-state index is 14.3. The normalized spacial score (nSPS) is 23.1. The quantitative estimate of drug-likeness (QED) is 0.0129. The zero-order valence-corrected chi connectivity index (χ0v) is 48.9. The number of carbonyl (C=O) groups excluding carboxylic acids is 1. The number of unbranched alkanes of at least 4 members (excludes halogenated alkanes) is 12. The fourth-order valence-electron chi connectivity index (χ4n) is 11.1. The van der Waals surface area contributed by atoms with Crippen LogP contribution < -0.4 is 0 Å². The minimum atomic E-state index is -1.60. The lowest BCUT2D eigenvalue weighted by Gasteiger charge is -2.50. The van der Waals surface area contributed by atoms with Crippen molar-refractivity contribution < 1.29 is 52.5 Å². The van der Waals surface area contributed by atoms with E-state index in [0.29, 0.717) is 6.42 Å². The number of azide groups is 1. The summed E-state index contributed by atoms with van der Waals surface area (Å²) in [5.41, 5.74) is 15.8. The lowest BCUT2D eigenvalue weighted by molar-refractivity contribution is -0.336. The Labute approximate surface area is 497 Å². The zero-order chi connectivity index (χ0) is 58.2. The third-order valence-electron chi connectivity index (χ3n) is 15.6. The topological polar surface area (TPSA) is 169 Å². The van der Waals surface area contributed by atoms with Crippen LogP contribution in [-0.2, 0) is 87.1 Å². The molecule has 0 aromatic heterocycles. The molecule has 1 saturated heterocycles. The van der Waals surface area contributed by atoms with Crippen molar-refractivity contribution in [3.63, 3.8) is 0 Å². The highest BCUT2D eigenvalue weighted by Crippen LogP contribution is 2.38. The Bertz CT molecular complexity index is 2750. The van der Waals surface area contributed by atoms with Gasteiger partial charge in [0.25, 0.3) is 0 Å². The van der Waals surface area contributed by atoms with Gasteiger partial charge in [-0.15, -0.1) is 0 Å². The van der Waals surface area contributed by atoms with Crippen LogP contribution in [0.15, 0.2) is 187 Å². The van der Waals surface area contributed by atoms with Crippen LogP contribution in [-0.4, -0.2) is 85.0 Å². The third kappa shape index (κ3) is 20.8. The lowest BCUT2D eigenvalue weighted by atomic mass is 9.83. The van der Waals surface area contributed by atoms with Crippen molar-refractivity contribution in [3.8, 4) is 0 Å². The third-order valence-corrected chi connectivity index (χ3v) is 15.6. The number of esters is 1. The van der Waals surface area contributed by atoms with Crippen molar-refractivity contribution in [2.24, 2.45) is 5.11 Å². The molecule has 6 aromatic carbocycles. The first-order valence-corrected chi connectivity index (χ1v) is 30.6. The van der Waals surface area contributed by atoms with E-state index in [1.54, 1.807) is 0 Å². The lowest BCUT2D eigenvalue weighted by Crippen LogP contribution is -2.69. The number of nitrogens with zero attached hydrogens (tertiary/aromatic N) is 3. The summed E-state index contributed by atoms with van der Waals surface area (Å²) >= 11 is 0. The standard InChI is InChI=1S/C70H87N3O11/c1-2-3-4-5-6-7-8-9-10-11-12-13-32-45-60(74)83-65-62(75)66(68(80-50-57-41-28-18-29-42-57)69(81-51-58-43-30-19-31-44-58)67(65)79-49-56-39-26-17-27-40-56)84-70-61(72-73-71)64(78-48-55-37-24-16-25-38-55)63(77-47-54-35-22-15-23-36-54)59(82-70)52-76-46-53-33-20-14-21-34-53/h14-31,33-44,59,61-70,75H,2-13,32,45-52H2,1H3/t59?,61?,62?,63-,64+,65+,66?,67?,68-,69+,70-/m0/s1.